The lowest BCUT2D eigenvalue weighted by atomic mass is 10.3. The fourth-order valence-electron chi connectivity index (χ4n) is 1.27. The van der Waals surface area contributed by atoms with Crippen molar-refractivity contribution < 1.29 is 36.3 Å². The molecule has 0 aliphatic carbocycles. The van der Waals surface area contributed by atoms with E-state index in [1.165, 1.54) is 20.8 Å². The molecule has 118 valence electrons. The smallest absolute Gasteiger partial charge is 0.413 e. The highest BCUT2D eigenvalue weighted by molar-refractivity contribution is 7.54. The summed E-state index contributed by atoms with van der Waals surface area (Å²) in [5.41, 5.74) is -1.30. The summed E-state index contributed by atoms with van der Waals surface area (Å²) in [6.45, 7) is 4.23. The molecule has 0 rings (SSSR count). The Hall–Kier alpha value is -0.850. The van der Waals surface area contributed by atoms with Crippen LogP contribution in [-0.2, 0) is 23.1 Å². The normalized spacial score (nSPS) is 13.4. The summed E-state index contributed by atoms with van der Waals surface area (Å²) in [5.74, 6) is -1.15. The molecular weight excluding hydrogens is 300 g/mol. The molecule has 0 fully saturated rings. The fourth-order valence-corrected chi connectivity index (χ4v) is 3.01. The van der Waals surface area contributed by atoms with Gasteiger partial charge < -0.3 is 13.8 Å². The van der Waals surface area contributed by atoms with Crippen molar-refractivity contribution in [3.63, 3.8) is 0 Å². The van der Waals surface area contributed by atoms with Crippen LogP contribution in [0.25, 0.3) is 0 Å². The topological polar surface area (TPSA) is 61.8 Å². The minimum absolute atomic E-state index is 0.0605. The summed E-state index contributed by atoms with van der Waals surface area (Å²) in [7, 11) is -3.94. The van der Waals surface area contributed by atoms with E-state index in [0.29, 0.717) is 0 Å². The number of carbonyl (C=O) groups excluding carboxylic acids is 1. The van der Waals surface area contributed by atoms with Gasteiger partial charge in [-0.2, -0.15) is 13.2 Å². The number of hydrogen-bond acceptors (Lipinski definition) is 5. The summed E-state index contributed by atoms with van der Waals surface area (Å²) in [5, 5.41) is 0. The number of ether oxygens (including phenoxy) is 1. The Balaban J connectivity index is 5.25. The molecule has 0 unspecified atom stereocenters. The first kappa shape index (κ1) is 19.1. The Kier molecular flexibility index (Phi) is 8.08. The van der Waals surface area contributed by atoms with Crippen molar-refractivity contribution in [1.29, 1.82) is 0 Å². The molecule has 20 heavy (non-hydrogen) atoms. The molecule has 0 aliphatic rings. The lowest BCUT2D eigenvalue weighted by Crippen LogP contribution is -2.19. The lowest BCUT2D eigenvalue weighted by molar-refractivity contribution is -0.138. The minimum Gasteiger partial charge on any atom is -0.463 e. The average molecular weight is 318 g/mol. The maximum atomic E-state index is 12.8. The summed E-state index contributed by atoms with van der Waals surface area (Å²) in [6, 6.07) is 0. The monoisotopic (exact) mass is 318 g/mol. The van der Waals surface area contributed by atoms with Crippen molar-refractivity contribution in [2.24, 2.45) is 0 Å². The Bertz CT molecular complexity index is 382. The first-order chi connectivity index (χ1) is 9.18. The van der Waals surface area contributed by atoms with Crippen molar-refractivity contribution in [3.05, 3.63) is 11.6 Å². The predicted octanol–water partition coefficient (Wildman–Crippen LogP) is 3.30. The molecule has 0 amide bonds. The van der Waals surface area contributed by atoms with E-state index in [2.05, 4.69) is 4.74 Å². The van der Waals surface area contributed by atoms with Gasteiger partial charge in [-0.25, -0.2) is 4.79 Å². The lowest BCUT2D eigenvalue weighted by Gasteiger charge is -2.19. The van der Waals surface area contributed by atoms with E-state index >= 15 is 0 Å². The Morgan fingerprint density at radius 3 is 1.95 bits per heavy atom. The number of carbonyl (C=O) groups is 1. The maximum absolute atomic E-state index is 12.8. The highest BCUT2D eigenvalue weighted by atomic mass is 31.2. The third kappa shape index (κ3) is 7.07. The number of halogens is 3. The quantitative estimate of drug-likeness (QED) is 0.390. The second-order valence-electron chi connectivity index (χ2n) is 3.52. The predicted molar refractivity (Wildman–Crippen MR) is 66.5 cm³/mol. The van der Waals surface area contributed by atoms with Crippen LogP contribution >= 0.6 is 7.60 Å². The molecule has 0 heterocycles. The summed E-state index contributed by atoms with van der Waals surface area (Å²) in [6.07, 6.45) is -5.58. The van der Waals surface area contributed by atoms with Gasteiger partial charge in [-0.3, -0.25) is 4.57 Å². The van der Waals surface area contributed by atoms with E-state index in [4.69, 9.17) is 9.05 Å². The van der Waals surface area contributed by atoms with Crippen LogP contribution in [0.15, 0.2) is 11.6 Å². The van der Waals surface area contributed by atoms with Gasteiger partial charge in [0.2, 0.25) is 0 Å². The van der Waals surface area contributed by atoms with Gasteiger partial charge in [-0.1, -0.05) is 0 Å². The molecule has 5 nitrogen and oxygen atoms in total. The molecule has 0 saturated carbocycles. The molecule has 0 spiro atoms. The Morgan fingerprint density at radius 1 is 1.10 bits per heavy atom. The van der Waals surface area contributed by atoms with E-state index in [1.807, 2.05) is 0 Å². The third-order valence-electron chi connectivity index (χ3n) is 1.96. The van der Waals surface area contributed by atoms with Crippen LogP contribution in [0.1, 0.15) is 20.8 Å². The van der Waals surface area contributed by atoms with Gasteiger partial charge in [0.1, 0.15) is 0 Å². The zero-order valence-corrected chi connectivity index (χ0v) is 12.4. The number of hydrogen-bond donors (Lipinski definition) is 0. The van der Waals surface area contributed by atoms with E-state index in [-0.39, 0.29) is 25.9 Å². The molecule has 0 aliphatic heterocycles. The number of esters is 1. The molecule has 9 heteroatoms. The first-order valence-corrected chi connectivity index (χ1v) is 7.74. The zero-order valence-electron chi connectivity index (χ0n) is 11.5. The van der Waals surface area contributed by atoms with E-state index in [0.717, 1.165) is 0 Å². The molecule has 0 atom stereocenters. The van der Waals surface area contributed by atoms with Crippen LogP contribution in [0.5, 0.6) is 0 Å². The average Bonchev–Trinajstić information content (AvgIpc) is 2.27. The number of allylic oxidation sites excluding steroid dienone is 1. The molecule has 0 bridgehead atoms. The van der Waals surface area contributed by atoms with Gasteiger partial charge in [0.15, 0.2) is 0 Å². The van der Waals surface area contributed by atoms with Crippen molar-refractivity contribution >= 4 is 13.6 Å². The molecule has 0 N–H and O–H groups in total. The zero-order chi connectivity index (χ0) is 15.8. The first-order valence-electron chi connectivity index (χ1n) is 6.01. The second-order valence-corrected chi connectivity index (χ2v) is 5.58. The van der Waals surface area contributed by atoms with Gasteiger partial charge in [0, 0.05) is 6.08 Å². The van der Waals surface area contributed by atoms with Gasteiger partial charge >= 0.3 is 19.7 Å². The van der Waals surface area contributed by atoms with Gasteiger partial charge in [-0.05, 0) is 20.8 Å². The van der Waals surface area contributed by atoms with Crippen LogP contribution in [-0.4, -0.2) is 38.1 Å². The number of rotatable bonds is 8. The van der Waals surface area contributed by atoms with E-state index < -0.39 is 31.5 Å². The van der Waals surface area contributed by atoms with Crippen molar-refractivity contribution in [1.82, 2.24) is 0 Å². The van der Waals surface area contributed by atoms with Crippen LogP contribution in [0, 0.1) is 0 Å². The summed E-state index contributed by atoms with van der Waals surface area (Å²) >= 11 is 0. The van der Waals surface area contributed by atoms with E-state index in [1.54, 1.807) is 0 Å². The Labute approximate surface area is 115 Å². The summed E-state index contributed by atoms with van der Waals surface area (Å²) < 4.78 is 64.5. The van der Waals surface area contributed by atoms with Gasteiger partial charge in [-0.15, -0.1) is 0 Å². The van der Waals surface area contributed by atoms with Crippen molar-refractivity contribution in [2.45, 2.75) is 26.9 Å². The maximum Gasteiger partial charge on any atom is 0.413 e. The van der Waals surface area contributed by atoms with Crippen molar-refractivity contribution in [3.8, 4) is 0 Å². The molecule has 0 aromatic heterocycles. The second kappa shape index (κ2) is 8.44. The fraction of sp³-hybridized carbons (Fsp3) is 0.727. The van der Waals surface area contributed by atoms with Crippen LogP contribution in [0.3, 0.4) is 0 Å². The number of alkyl halides is 3. The molecule has 0 aromatic carbocycles. The SMILES string of the molecule is CCOC(=O)/C=C(/CP(=O)(OCC)OCC)C(F)(F)F. The minimum atomic E-state index is -4.82. The highest BCUT2D eigenvalue weighted by Crippen LogP contribution is 2.51. The molecule has 0 radical (unpaired) electrons. The van der Waals surface area contributed by atoms with Gasteiger partial charge in [0.05, 0.1) is 31.6 Å². The largest absolute Gasteiger partial charge is 0.463 e. The van der Waals surface area contributed by atoms with E-state index in [9.17, 15) is 22.5 Å². The molecule has 0 saturated heterocycles. The van der Waals surface area contributed by atoms with Crippen LogP contribution in [0.2, 0.25) is 0 Å². The van der Waals surface area contributed by atoms with Crippen molar-refractivity contribution in [2.75, 3.05) is 26.0 Å². The summed E-state index contributed by atoms with van der Waals surface area (Å²) in [4.78, 5) is 11.1. The van der Waals surface area contributed by atoms with Gasteiger partial charge in [0.25, 0.3) is 0 Å². The highest BCUT2D eigenvalue weighted by Gasteiger charge is 2.40. The van der Waals surface area contributed by atoms with Crippen LogP contribution < -0.4 is 0 Å². The third-order valence-corrected chi connectivity index (χ3v) is 3.99. The van der Waals surface area contributed by atoms with Crippen LogP contribution in [0.4, 0.5) is 13.2 Å². The molecule has 0 aromatic rings. The Morgan fingerprint density at radius 2 is 1.60 bits per heavy atom. The standard InChI is InChI=1S/C11H18F3O5P/c1-4-17-10(15)7-9(11(12,13)14)8-20(16,18-5-2)19-6-3/h7H,4-6,8H2,1-3H3/b9-7-. The molecular formula is C11H18F3O5P.